The molecule has 5 heteroatoms. The molecule has 1 rings (SSSR count). The number of thiophene rings is 1. The molecule has 0 spiro atoms. The minimum atomic E-state index is -0.335. The molecule has 0 aliphatic rings. The number of carbonyl (C=O) groups excluding carboxylic acids is 2. The predicted octanol–water partition coefficient (Wildman–Crippen LogP) is 3.06. The molecule has 0 saturated heterocycles. The third-order valence-corrected chi connectivity index (χ3v) is 3.54. The van der Waals surface area contributed by atoms with Crippen LogP contribution in [0.15, 0.2) is 12.3 Å². The number of hydrogen-bond donors (Lipinski definition) is 1. The van der Waals surface area contributed by atoms with Gasteiger partial charge in [-0.3, -0.25) is 4.79 Å². The van der Waals surface area contributed by atoms with E-state index >= 15 is 0 Å². The normalized spacial score (nSPS) is 10.7. The lowest BCUT2D eigenvalue weighted by Crippen LogP contribution is -2.07. The van der Waals surface area contributed by atoms with Crippen LogP contribution in [0.25, 0.3) is 0 Å². The fourth-order valence-corrected chi connectivity index (χ4v) is 2.44. The maximum Gasteiger partial charge on any atom is 0.341 e. The second kappa shape index (κ2) is 6.35. The number of ether oxygens (including phenoxy) is 1. The number of nitrogens with one attached hydrogen (secondary N) is 1. The van der Waals surface area contributed by atoms with Gasteiger partial charge in [0, 0.05) is 11.1 Å². The second-order valence-corrected chi connectivity index (χ2v) is 5.02. The summed E-state index contributed by atoms with van der Waals surface area (Å²) in [6.07, 6.45) is 2.95. The topological polar surface area (TPSA) is 55.4 Å². The van der Waals surface area contributed by atoms with Crippen molar-refractivity contribution in [1.29, 1.82) is 0 Å². The summed E-state index contributed by atoms with van der Waals surface area (Å²) in [5, 5.41) is 3.67. The van der Waals surface area contributed by atoms with Gasteiger partial charge in [0.2, 0.25) is 0 Å². The molecule has 0 fully saturated rings. The van der Waals surface area contributed by atoms with E-state index in [4.69, 9.17) is 4.74 Å². The molecule has 0 aliphatic heterocycles. The van der Waals surface area contributed by atoms with Crippen LogP contribution in [0.1, 0.15) is 34.6 Å². The van der Waals surface area contributed by atoms with Crippen LogP contribution in [0.4, 0.5) is 5.00 Å². The number of aryl methyl sites for hydroxylation is 1. The lowest BCUT2D eigenvalue weighted by molar-refractivity contribution is -0.112. The monoisotopic (exact) mass is 267 g/mol. The number of hydrogen-bond acceptors (Lipinski definition) is 5. The van der Waals surface area contributed by atoms with E-state index in [0.717, 1.165) is 10.4 Å². The highest BCUT2D eigenvalue weighted by Gasteiger charge is 2.19. The zero-order valence-electron chi connectivity index (χ0n) is 11.0. The lowest BCUT2D eigenvalue weighted by Gasteiger charge is -2.04. The fraction of sp³-hybridized carbons (Fsp3) is 0.385. The molecular formula is C13H17NO3S. The molecule has 4 nitrogen and oxygen atoms in total. The Morgan fingerprint density at radius 3 is 2.61 bits per heavy atom. The fourth-order valence-electron chi connectivity index (χ4n) is 1.41. The molecule has 0 amide bonds. The average Bonchev–Trinajstić information content (AvgIpc) is 2.55. The van der Waals surface area contributed by atoms with Gasteiger partial charge in [-0.05, 0) is 39.3 Å². The second-order valence-electron chi connectivity index (χ2n) is 3.80. The van der Waals surface area contributed by atoms with Crippen molar-refractivity contribution in [2.45, 2.75) is 27.7 Å². The van der Waals surface area contributed by atoms with Gasteiger partial charge < -0.3 is 10.1 Å². The Morgan fingerprint density at radius 1 is 1.39 bits per heavy atom. The molecular weight excluding hydrogens is 250 g/mol. The van der Waals surface area contributed by atoms with Crippen molar-refractivity contribution in [1.82, 2.24) is 0 Å². The van der Waals surface area contributed by atoms with Crippen LogP contribution in [0.2, 0.25) is 0 Å². The number of esters is 1. The quantitative estimate of drug-likeness (QED) is 0.658. The Kier molecular flexibility index (Phi) is 5.09. The molecule has 0 aliphatic carbocycles. The predicted molar refractivity (Wildman–Crippen MR) is 73.2 cm³/mol. The number of allylic oxidation sites excluding steroid dienone is 1. The molecule has 0 atom stereocenters. The van der Waals surface area contributed by atoms with E-state index in [1.54, 1.807) is 6.92 Å². The standard InChI is InChI=1S/C13H17NO3S/c1-5-17-13(16)11-9(3)10(4)18-12(11)14-7-6-8(2)15/h6-7,14H,5H2,1-4H3/b7-6+. The van der Waals surface area contributed by atoms with Crippen LogP contribution in [-0.2, 0) is 9.53 Å². The number of ketones is 1. The maximum atomic E-state index is 11.9. The third kappa shape index (κ3) is 3.43. The molecule has 0 saturated carbocycles. The minimum absolute atomic E-state index is 0.0508. The summed E-state index contributed by atoms with van der Waals surface area (Å²) in [7, 11) is 0. The molecule has 0 unspecified atom stereocenters. The van der Waals surface area contributed by atoms with Crippen LogP contribution in [0.3, 0.4) is 0 Å². The SMILES string of the molecule is CCOC(=O)c1c(N/C=C/C(C)=O)sc(C)c1C. The zero-order valence-corrected chi connectivity index (χ0v) is 11.8. The molecule has 0 radical (unpaired) electrons. The minimum Gasteiger partial charge on any atom is -0.462 e. The summed E-state index contributed by atoms with van der Waals surface area (Å²) in [6.45, 7) is 7.42. The van der Waals surface area contributed by atoms with Crippen molar-refractivity contribution in [3.63, 3.8) is 0 Å². The van der Waals surface area contributed by atoms with E-state index in [2.05, 4.69) is 5.32 Å². The largest absolute Gasteiger partial charge is 0.462 e. The Morgan fingerprint density at radius 2 is 2.06 bits per heavy atom. The van der Waals surface area contributed by atoms with Crippen LogP contribution in [0.5, 0.6) is 0 Å². The van der Waals surface area contributed by atoms with Crippen LogP contribution in [-0.4, -0.2) is 18.4 Å². The number of carbonyl (C=O) groups is 2. The first kappa shape index (κ1) is 14.4. The number of anilines is 1. The lowest BCUT2D eigenvalue weighted by atomic mass is 10.1. The van der Waals surface area contributed by atoms with Crippen molar-refractivity contribution in [3.05, 3.63) is 28.3 Å². The van der Waals surface area contributed by atoms with Crippen molar-refractivity contribution < 1.29 is 14.3 Å². The first-order valence-corrected chi connectivity index (χ1v) is 6.49. The third-order valence-electron chi connectivity index (χ3n) is 2.40. The highest BCUT2D eigenvalue weighted by atomic mass is 32.1. The molecule has 1 N–H and O–H groups in total. The van der Waals surface area contributed by atoms with Gasteiger partial charge in [0.05, 0.1) is 12.2 Å². The van der Waals surface area contributed by atoms with Crippen molar-refractivity contribution >= 4 is 28.1 Å². The zero-order chi connectivity index (χ0) is 13.7. The summed E-state index contributed by atoms with van der Waals surface area (Å²) < 4.78 is 5.03. The van der Waals surface area contributed by atoms with Crippen molar-refractivity contribution in [2.75, 3.05) is 11.9 Å². The van der Waals surface area contributed by atoms with Crippen LogP contribution < -0.4 is 5.32 Å². The maximum absolute atomic E-state index is 11.9. The van der Waals surface area contributed by atoms with Crippen LogP contribution >= 0.6 is 11.3 Å². The molecule has 1 aromatic heterocycles. The Bertz CT molecular complexity index is 489. The molecule has 0 bridgehead atoms. The van der Waals surface area contributed by atoms with Gasteiger partial charge in [-0.1, -0.05) is 0 Å². The van der Waals surface area contributed by atoms with Gasteiger partial charge >= 0.3 is 5.97 Å². The van der Waals surface area contributed by atoms with Gasteiger partial charge in [0.25, 0.3) is 0 Å². The Hall–Kier alpha value is -1.62. The Balaban J connectivity index is 3.00. The van der Waals surface area contributed by atoms with E-state index in [1.807, 2.05) is 13.8 Å². The van der Waals surface area contributed by atoms with E-state index in [9.17, 15) is 9.59 Å². The van der Waals surface area contributed by atoms with Crippen LogP contribution in [0, 0.1) is 13.8 Å². The first-order valence-electron chi connectivity index (χ1n) is 5.68. The molecule has 18 heavy (non-hydrogen) atoms. The highest BCUT2D eigenvalue weighted by Crippen LogP contribution is 2.32. The van der Waals surface area contributed by atoms with Gasteiger partial charge in [-0.15, -0.1) is 11.3 Å². The summed E-state index contributed by atoms with van der Waals surface area (Å²) in [5.41, 5.74) is 1.46. The van der Waals surface area contributed by atoms with Gasteiger partial charge in [0.15, 0.2) is 5.78 Å². The van der Waals surface area contributed by atoms with Gasteiger partial charge in [0.1, 0.15) is 5.00 Å². The van der Waals surface area contributed by atoms with E-state index < -0.39 is 0 Å². The van der Waals surface area contributed by atoms with Crippen molar-refractivity contribution in [3.8, 4) is 0 Å². The van der Waals surface area contributed by atoms with Gasteiger partial charge in [-0.25, -0.2) is 4.79 Å². The van der Waals surface area contributed by atoms with E-state index in [0.29, 0.717) is 17.2 Å². The van der Waals surface area contributed by atoms with Crippen molar-refractivity contribution in [2.24, 2.45) is 0 Å². The molecule has 1 aromatic rings. The summed E-state index contributed by atoms with van der Waals surface area (Å²) >= 11 is 1.47. The number of rotatable bonds is 5. The first-order chi connectivity index (χ1) is 8.47. The average molecular weight is 267 g/mol. The smallest absolute Gasteiger partial charge is 0.341 e. The molecule has 98 valence electrons. The van der Waals surface area contributed by atoms with E-state index in [-0.39, 0.29) is 11.8 Å². The summed E-state index contributed by atoms with van der Waals surface area (Å²) in [6, 6.07) is 0. The summed E-state index contributed by atoms with van der Waals surface area (Å²) in [4.78, 5) is 23.7. The highest BCUT2D eigenvalue weighted by molar-refractivity contribution is 7.16. The Labute approximate surface area is 111 Å². The van der Waals surface area contributed by atoms with E-state index in [1.165, 1.54) is 30.5 Å². The molecule has 0 aromatic carbocycles. The summed E-state index contributed by atoms with van der Waals surface area (Å²) in [5.74, 6) is -0.386. The molecule has 1 heterocycles. The van der Waals surface area contributed by atoms with Gasteiger partial charge in [-0.2, -0.15) is 0 Å².